The molecule has 0 atom stereocenters. The van der Waals surface area contributed by atoms with Crippen molar-refractivity contribution in [3.8, 4) is 11.5 Å². The number of rotatable bonds is 4. The summed E-state index contributed by atoms with van der Waals surface area (Å²) in [4.78, 5) is 17.3. The first-order valence-corrected chi connectivity index (χ1v) is 12.1. The van der Waals surface area contributed by atoms with Crippen LogP contribution < -0.4 is 9.47 Å². The number of carbonyl (C=O) groups is 1. The van der Waals surface area contributed by atoms with Crippen molar-refractivity contribution >= 4 is 21.8 Å². The monoisotopic (exact) mass is 468 g/mol. The third-order valence-corrected chi connectivity index (χ3v) is 7.28. The summed E-state index contributed by atoms with van der Waals surface area (Å²) < 4.78 is 41.0. The van der Waals surface area contributed by atoms with Crippen LogP contribution in [0, 0.1) is 0 Å². The lowest BCUT2D eigenvalue weighted by atomic mass is 10.1. The summed E-state index contributed by atoms with van der Waals surface area (Å²) in [6, 6.07) is 15.3. The van der Waals surface area contributed by atoms with Gasteiger partial charge in [-0.15, -0.1) is 4.40 Å². The predicted octanol–water partition coefficient (Wildman–Crippen LogP) is 1.62. The van der Waals surface area contributed by atoms with Gasteiger partial charge in [0, 0.05) is 45.3 Å². The molecule has 2 aromatic rings. The van der Waals surface area contributed by atoms with Crippen molar-refractivity contribution in [3.63, 3.8) is 0 Å². The Balaban J connectivity index is 1.33. The Morgan fingerprint density at radius 1 is 1.00 bits per heavy atom. The van der Waals surface area contributed by atoms with Crippen molar-refractivity contribution in [2.75, 3.05) is 40.0 Å². The molecule has 172 valence electrons. The lowest BCUT2D eigenvalue weighted by Gasteiger charge is -2.36. The van der Waals surface area contributed by atoms with Crippen molar-refractivity contribution in [2.24, 2.45) is 4.40 Å². The fourth-order valence-corrected chi connectivity index (χ4v) is 4.97. The van der Waals surface area contributed by atoms with Gasteiger partial charge in [-0.05, 0) is 29.8 Å². The number of piperazine rings is 1. The first-order valence-electron chi connectivity index (χ1n) is 10.7. The van der Waals surface area contributed by atoms with Crippen molar-refractivity contribution in [1.82, 2.24) is 14.1 Å². The number of amides is 1. The largest absolute Gasteiger partial charge is 0.454 e. The highest BCUT2D eigenvalue weighted by Crippen LogP contribution is 2.33. The molecule has 3 heterocycles. The summed E-state index contributed by atoms with van der Waals surface area (Å²) in [5, 5.41) is 0. The van der Waals surface area contributed by atoms with Crippen LogP contribution in [0.15, 0.2) is 64.7 Å². The summed E-state index contributed by atoms with van der Waals surface area (Å²) in [5.74, 6) is 0.778. The van der Waals surface area contributed by atoms with Crippen molar-refractivity contribution in [3.05, 3.63) is 71.4 Å². The first kappa shape index (κ1) is 21.5. The molecular formula is C23H24N4O5S. The van der Waals surface area contributed by atoms with E-state index in [1.807, 2.05) is 18.2 Å². The Morgan fingerprint density at radius 3 is 2.48 bits per heavy atom. The van der Waals surface area contributed by atoms with E-state index in [2.05, 4.69) is 21.4 Å². The molecule has 0 unspecified atom stereocenters. The minimum Gasteiger partial charge on any atom is -0.454 e. The summed E-state index contributed by atoms with van der Waals surface area (Å²) in [6.07, 6.45) is 1.53. The van der Waals surface area contributed by atoms with Crippen molar-refractivity contribution in [1.29, 1.82) is 0 Å². The molecule has 0 aromatic heterocycles. The van der Waals surface area contributed by atoms with Gasteiger partial charge in [-0.25, -0.2) is 4.31 Å². The highest BCUT2D eigenvalue weighted by molar-refractivity contribution is 7.88. The first-order chi connectivity index (χ1) is 15.9. The molecular weight excluding hydrogens is 444 g/mol. The molecule has 0 radical (unpaired) electrons. The van der Waals surface area contributed by atoms with Gasteiger partial charge in [-0.3, -0.25) is 9.69 Å². The molecule has 5 rings (SSSR count). The number of carbonyl (C=O) groups excluding carboxylic acids is 1. The number of nitrogens with zero attached hydrogens (tertiary/aromatic N) is 4. The molecule has 0 spiro atoms. The number of hydrogen-bond acceptors (Lipinski definition) is 6. The van der Waals surface area contributed by atoms with Crippen LogP contribution in [0.5, 0.6) is 11.5 Å². The molecule has 3 aliphatic rings. The van der Waals surface area contributed by atoms with E-state index < -0.39 is 10.2 Å². The summed E-state index contributed by atoms with van der Waals surface area (Å²) in [7, 11) is -2.68. The maximum atomic E-state index is 13.3. The van der Waals surface area contributed by atoms with Gasteiger partial charge in [-0.2, -0.15) is 8.42 Å². The molecule has 1 saturated heterocycles. The van der Waals surface area contributed by atoms with Crippen LogP contribution in [0.4, 0.5) is 0 Å². The molecule has 3 aliphatic heterocycles. The fraction of sp³-hybridized carbons (Fsp3) is 0.304. The van der Waals surface area contributed by atoms with E-state index in [-0.39, 0.29) is 24.1 Å². The highest BCUT2D eigenvalue weighted by Gasteiger charge is 2.34. The van der Waals surface area contributed by atoms with Crippen LogP contribution in [0.2, 0.25) is 0 Å². The number of likely N-dealkylation sites (N-methyl/N-ethyl adjacent to an activating group) is 1. The number of allylic oxidation sites excluding steroid dienone is 1. The molecule has 0 saturated carbocycles. The van der Waals surface area contributed by atoms with Gasteiger partial charge in [0.25, 0.3) is 5.91 Å². The minimum atomic E-state index is -4.03. The molecule has 33 heavy (non-hydrogen) atoms. The SMILES string of the molecule is CN1C(C(=O)N2CCN(Cc3ccccc3)CC2)=CC(c2ccc3c(c2)OCO3)=NS1(=O)=O. The second-order valence-electron chi connectivity index (χ2n) is 8.07. The number of fused-ring (bicyclic) bond motifs is 1. The van der Waals surface area contributed by atoms with Gasteiger partial charge in [0.15, 0.2) is 11.5 Å². The fourth-order valence-electron chi connectivity index (χ4n) is 4.06. The van der Waals surface area contributed by atoms with Crippen LogP contribution in [-0.4, -0.2) is 74.2 Å². The van der Waals surface area contributed by atoms with Gasteiger partial charge in [0.05, 0.1) is 5.71 Å². The lowest BCUT2D eigenvalue weighted by Crippen LogP contribution is -2.50. The summed E-state index contributed by atoms with van der Waals surface area (Å²) >= 11 is 0. The maximum absolute atomic E-state index is 13.3. The third-order valence-electron chi connectivity index (χ3n) is 5.97. The van der Waals surface area contributed by atoms with Crippen LogP contribution >= 0.6 is 0 Å². The van der Waals surface area contributed by atoms with Gasteiger partial charge in [0.1, 0.15) is 5.70 Å². The Bertz CT molecular complexity index is 1230. The van der Waals surface area contributed by atoms with E-state index in [9.17, 15) is 13.2 Å². The van der Waals surface area contributed by atoms with Crippen molar-refractivity contribution in [2.45, 2.75) is 6.54 Å². The van der Waals surface area contributed by atoms with E-state index in [4.69, 9.17) is 9.47 Å². The predicted molar refractivity (Wildman–Crippen MR) is 122 cm³/mol. The average Bonchev–Trinajstić information content (AvgIpc) is 3.29. The zero-order chi connectivity index (χ0) is 23.0. The smallest absolute Gasteiger partial charge is 0.345 e. The lowest BCUT2D eigenvalue weighted by molar-refractivity contribution is -0.129. The quantitative estimate of drug-likeness (QED) is 0.677. The molecule has 1 fully saturated rings. The molecule has 1 amide bonds. The Labute approximate surface area is 192 Å². The zero-order valence-electron chi connectivity index (χ0n) is 18.2. The Morgan fingerprint density at radius 2 is 1.73 bits per heavy atom. The molecule has 0 bridgehead atoms. The molecule has 0 aliphatic carbocycles. The second-order valence-corrected chi connectivity index (χ2v) is 9.70. The van der Waals surface area contributed by atoms with Crippen LogP contribution in [0.3, 0.4) is 0 Å². The van der Waals surface area contributed by atoms with E-state index >= 15 is 0 Å². The molecule has 0 N–H and O–H groups in total. The standard InChI is InChI=1S/C23H24N4O5S/c1-25-20(23(28)27-11-9-26(10-12-27)15-17-5-3-2-4-6-17)14-19(24-33(25,29)30)18-7-8-21-22(13-18)32-16-31-21/h2-8,13-14H,9-12,15-16H2,1H3. The third kappa shape index (κ3) is 4.31. The van der Waals surface area contributed by atoms with E-state index in [0.717, 1.165) is 10.8 Å². The van der Waals surface area contributed by atoms with E-state index in [0.29, 0.717) is 43.2 Å². The Hall–Kier alpha value is -3.37. The average molecular weight is 469 g/mol. The van der Waals surface area contributed by atoms with Crippen LogP contribution in [0.1, 0.15) is 11.1 Å². The summed E-state index contributed by atoms with van der Waals surface area (Å²) in [5.41, 5.74) is 2.03. The molecule has 10 heteroatoms. The second kappa shape index (κ2) is 8.53. The number of benzene rings is 2. The maximum Gasteiger partial charge on any atom is 0.345 e. The van der Waals surface area contributed by atoms with Gasteiger partial charge >= 0.3 is 10.2 Å². The minimum absolute atomic E-state index is 0.0779. The van der Waals surface area contributed by atoms with Crippen LogP contribution in [0.25, 0.3) is 0 Å². The van der Waals surface area contributed by atoms with Gasteiger partial charge in [0.2, 0.25) is 6.79 Å². The van der Waals surface area contributed by atoms with Gasteiger partial charge < -0.3 is 14.4 Å². The van der Waals surface area contributed by atoms with E-state index in [1.165, 1.54) is 18.7 Å². The topological polar surface area (TPSA) is 91.8 Å². The highest BCUT2D eigenvalue weighted by atomic mass is 32.2. The summed E-state index contributed by atoms with van der Waals surface area (Å²) in [6.45, 7) is 3.41. The Kier molecular flexibility index (Phi) is 5.55. The molecule has 9 nitrogen and oxygen atoms in total. The molecule has 2 aromatic carbocycles. The number of hydrogen-bond donors (Lipinski definition) is 0. The normalized spacial score (nSPS) is 19.8. The van der Waals surface area contributed by atoms with Crippen molar-refractivity contribution < 1.29 is 22.7 Å². The zero-order valence-corrected chi connectivity index (χ0v) is 19.0. The van der Waals surface area contributed by atoms with E-state index in [1.54, 1.807) is 23.1 Å². The number of ether oxygens (including phenoxy) is 2. The van der Waals surface area contributed by atoms with Gasteiger partial charge in [-0.1, -0.05) is 30.3 Å². The van der Waals surface area contributed by atoms with Crippen LogP contribution in [-0.2, 0) is 21.5 Å².